The number of nitro benzene ring substituents is 1. The molecule has 0 fully saturated rings. The van der Waals surface area contributed by atoms with Crippen LogP contribution in [0.4, 0.5) is 15.8 Å². The van der Waals surface area contributed by atoms with Crippen LogP contribution in [0.25, 0.3) is 6.08 Å². The molecule has 3 aromatic rings. The molecule has 6 nitrogen and oxygen atoms in total. The molecule has 4 rings (SSSR count). The third kappa shape index (κ3) is 4.70. The van der Waals surface area contributed by atoms with Gasteiger partial charge in [0, 0.05) is 17.9 Å². The van der Waals surface area contributed by atoms with Crippen molar-refractivity contribution in [3.63, 3.8) is 0 Å². The maximum Gasteiger partial charge on any atom is 0.283 e. The lowest BCUT2D eigenvalue weighted by atomic mass is 10.2. The van der Waals surface area contributed by atoms with E-state index in [0.717, 1.165) is 11.1 Å². The number of anilines is 1. The second kappa shape index (κ2) is 8.93. The molecule has 1 heterocycles. The van der Waals surface area contributed by atoms with Crippen LogP contribution < -0.4 is 4.90 Å². The number of nitro groups is 1. The topological polar surface area (TPSA) is 75.8 Å². The Labute approximate surface area is 181 Å². The summed E-state index contributed by atoms with van der Waals surface area (Å²) in [5, 5.41) is 11.4. The van der Waals surface area contributed by atoms with Crippen molar-refractivity contribution < 1.29 is 14.1 Å². The molecule has 0 spiro atoms. The fourth-order valence-electron chi connectivity index (χ4n) is 3.03. The van der Waals surface area contributed by atoms with Crippen LogP contribution in [0.2, 0.25) is 0 Å². The van der Waals surface area contributed by atoms with E-state index < -0.39 is 10.7 Å². The number of aliphatic imine (C=N–C) groups is 1. The number of hydrogen-bond acceptors (Lipinski definition) is 5. The normalized spacial score (nSPS) is 14.7. The predicted molar refractivity (Wildman–Crippen MR) is 120 cm³/mol. The number of carbonyl (C=O) groups is 1. The van der Waals surface area contributed by atoms with E-state index in [4.69, 9.17) is 0 Å². The van der Waals surface area contributed by atoms with Crippen LogP contribution in [0.3, 0.4) is 0 Å². The molecule has 0 saturated heterocycles. The number of nitrogens with zero attached hydrogens (tertiary/aromatic N) is 3. The number of benzene rings is 3. The molecule has 1 amide bonds. The third-order valence-electron chi connectivity index (χ3n) is 4.51. The monoisotopic (exact) mass is 433 g/mol. The van der Waals surface area contributed by atoms with Crippen molar-refractivity contribution in [2.24, 2.45) is 4.99 Å². The maximum atomic E-state index is 13.4. The predicted octanol–water partition coefficient (Wildman–Crippen LogP) is 5.41. The first kappa shape index (κ1) is 20.5. The minimum Gasteiger partial charge on any atom is -0.266 e. The van der Waals surface area contributed by atoms with E-state index in [1.165, 1.54) is 53.1 Å². The van der Waals surface area contributed by atoms with Crippen molar-refractivity contribution in [3.05, 3.63) is 112 Å². The fraction of sp³-hybridized carbons (Fsp3) is 0.0435. The van der Waals surface area contributed by atoms with Crippen LogP contribution in [0.1, 0.15) is 11.1 Å². The van der Waals surface area contributed by atoms with Gasteiger partial charge in [-0.15, -0.1) is 0 Å². The summed E-state index contributed by atoms with van der Waals surface area (Å²) in [4.78, 5) is 29.6. The third-order valence-corrected chi connectivity index (χ3v) is 5.52. The number of amidine groups is 1. The minimum atomic E-state index is -0.448. The average molecular weight is 433 g/mol. The first-order valence-corrected chi connectivity index (χ1v) is 10.3. The number of amides is 1. The van der Waals surface area contributed by atoms with Crippen LogP contribution in [-0.4, -0.2) is 16.0 Å². The molecule has 0 N–H and O–H groups in total. The summed E-state index contributed by atoms with van der Waals surface area (Å²) in [5.74, 6) is -0.348. The number of non-ortho nitro benzene ring substituents is 1. The average Bonchev–Trinajstić information content (AvgIpc) is 3.09. The highest BCUT2D eigenvalue weighted by Crippen LogP contribution is 2.31. The summed E-state index contributed by atoms with van der Waals surface area (Å²) >= 11 is 1.28. The molecule has 0 radical (unpaired) electrons. The van der Waals surface area contributed by atoms with Crippen molar-refractivity contribution in [1.82, 2.24) is 0 Å². The van der Waals surface area contributed by atoms with Gasteiger partial charge in [-0.25, -0.2) is 9.38 Å². The highest BCUT2D eigenvalue weighted by Gasteiger charge is 2.32. The number of rotatable bonds is 5. The molecule has 0 atom stereocenters. The summed E-state index contributed by atoms with van der Waals surface area (Å²) in [6.45, 7) is 0. The highest BCUT2D eigenvalue weighted by atomic mass is 32.2. The lowest BCUT2D eigenvalue weighted by Gasteiger charge is -2.17. The molecule has 0 aliphatic carbocycles. The summed E-state index contributed by atoms with van der Waals surface area (Å²) in [7, 11) is 0. The molecule has 154 valence electrons. The van der Waals surface area contributed by atoms with E-state index in [9.17, 15) is 19.3 Å². The summed E-state index contributed by atoms with van der Waals surface area (Å²) in [5.41, 5.74) is 2.32. The standard InChI is InChI=1S/C23H16FN3O3S/c24-18-9-11-19(12-10-18)26-22(28)21(14-16-5-2-1-3-6-16)25-23(26)31-15-17-7-4-8-20(13-17)27(29)30/h1-14H,15H2. The van der Waals surface area contributed by atoms with Gasteiger partial charge >= 0.3 is 0 Å². The van der Waals surface area contributed by atoms with Gasteiger partial charge in [-0.05, 0) is 41.5 Å². The molecular weight excluding hydrogens is 417 g/mol. The van der Waals surface area contributed by atoms with Crippen LogP contribution >= 0.6 is 11.8 Å². The van der Waals surface area contributed by atoms with E-state index in [-0.39, 0.29) is 17.3 Å². The zero-order valence-corrected chi connectivity index (χ0v) is 17.0. The molecule has 3 aromatic carbocycles. The van der Waals surface area contributed by atoms with Gasteiger partial charge in [-0.2, -0.15) is 0 Å². The Bertz CT molecular complexity index is 1190. The second-order valence-electron chi connectivity index (χ2n) is 6.67. The van der Waals surface area contributed by atoms with Crippen molar-refractivity contribution in [3.8, 4) is 0 Å². The lowest BCUT2D eigenvalue weighted by Crippen LogP contribution is -2.30. The Morgan fingerprint density at radius 2 is 1.77 bits per heavy atom. The first-order valence-electron chi connectivity index (χ1n) is 9.33. The molecule has 1 aliphatic heterocycles. The van der Waals surface area contributed by atoms with Gasteiger partial charge in [0.1, 0.15) is 11.5 Å². The SMILES string of the molecule is O=C1C(=Cc2ccccc2)N=C(SCc2cccc([N+](=O)[O-])c2)N1c1ccc(F)cc1. The van der Waals surface area contributed by atoms with Crippen molar-refractivity contribution in [2.45, 2.75) is 5.75 Å². The van der Waals surface area contributed by atoms with Crippen LogP contribution in [0.15, 0.2) is 89.6 Å². The molecule has 0 saturated carbocycles. The van der Waals surface area contributed by atoms with Gasteiger partial charge in [-0.1, -0.05) is 54.2 Å². The van der Waals surface area contributed by atoms with E-state index in [1.54, 1.807) is 18.2 Å². The van der Waals surface area contributed by atoms with Gasteiger partial charge in [0.25, 0.3) is 11.6 Å². The van der Waals surface area contributed by atoms with Crippen LogP contribution in [0, 0.1) is 15.9 Å². The number of thioether (sulfide) groups is 1. The van der Waals surface area contributed by atoms with E-state index >= 15 is 0 Å². The molecular formula is C23H16FN3O3S. The Morgan fingerprint density at radius 1 is 1.03 bits per heavy atom. The van der Waals surface area contributed by atoms with Crippen molar-refractivity contribution in [2.75, 3.05) is 4.90 Å². The highest BCUT2D eigenvalue weighted by molar-refractivity contribution is 8.13. The fourth-order valence-corrected chi connectivity index (χ4v) is 3.98. The Balaban J connectivity index is 1.65. The van der Waals surface area contributed by atoms with Gasteiger partial charge < -0.3 is 0 Å². The molecule has 8 heteroatoms. The van der Waals surface area contributed by atoms with Gasteiger partial charge in [0.15, 0.2) is 5.17 Å². The zero-order chi connectivity index (χ0) is 21.8. The Kier molecular flexibility index (Phi) is 5.90. The van der Waals surface area contributed by atoms with Gasteiger partial charge in [0.05, 0.1) is 10.6 Å². The molecule has 0 aromatic heterocycles. The molecule has 0 bridgehead atoms. The second-order valence-corrected chi connectivity index (χ2v) is 7.61. The molecule has 0 unspecified atom stereocenters. The lowest BCUT2D eigenvalue weighted by molar-refractivity contribution is -0.384. The first-order chi connectivity index (χ1) is 15.0. The number of hydrogen-bond donors (Lipinski definition) is 0. The summed E-state index contributed by atoms with van der Waals surface area (Å²) < 4.78 is 13.4. The maximum absolute atomic E-state index is 13.4. The van der Waals surface area contributed by atoms with Crippen molar-refractivity contribution in [1.29, 1.82) is 0 Å². The van der Waals surface area contributed by atoms with Crippen LogP contribution in [0.5, 0.6) is 0 Å². The Morgan fingerprint density at radius 3 is 2.48 bits per heavy atom. The van der Waals surface area contributed by atoms with Gasteiger partial charge in [0.2, 0.25) is 0 Å². The van der Waals surface area contributed by atoms with E-state index in [2.05, 4.69) is 4.99 Å². The number of carbonyl (C=O) groups excluding carboxylic acids is 1. The largest absolute Gasteiger partial charge is 0.283 e. The molecule has 31 heavy (non-hydrogen) atoms. The van der Waals surface area contributed by atoms with Crippen molar-refractivity contribution >= 4 is 40.3 Å². The van der Waals surface area contributed by atoms with E-state index in [1.807, 2.05) is 30.3 Å². The smallest absolute Gasteiger partial charge is 0.266 e. The minimum absolute atomic E-state index is 0.00240. The Hall–Kier alpha value is -3.78. The molecule has 1 aliphatic rings. The van der Waals surface area contributed by atoms with Crippen LogP contribution in [-0.2, 0) is 10.5 Å². The number of halogens is 1. The zero-order valence-electron chi connectivity index (χ0n) is 16.1. The van der Waals surface area contributed by atoms with Gasteiger partial charge in [-0.3, -0.25) is 19.8 Å². The summed E-state index contributed by atoms with van der Waals surface area (Å²) in [6.07, 6.45) is 1.69. The summed E-state index contributed by atoms with van der Waals surface area (Å²) in [6, 6.07) is 21.3. The van der Waals surface area contributed by atoms with E-state index in [0.29, 0.717) is 16.6 Å². The quantitative estimate of drug-likeness (QED) is 0.306.